The SMILES string of the molecule is CC(C)[C@H]1CC[C@@H](C)C[C@H]1OP(=O)(O[C@@H]1C[C@H](C)CC[C@@H]1C(C)C)[C@@H](OC(=O)c1ccc(Br)o1)c1cccnc1. The van der Waals surface area contributed by atoms with E-state index in [1.807, 2.05) is 0 Å². The maximum Gasteiger partial charge on any atom is 0.376 e. The molecular weight excluding hydrogens is 593 g/mol. The first-order chi connectivity index (χ1) is 19.0. The number of aromatic nitrogens is 1. The first kappa shape index (κ1) is 31.5. The quantitative estimate of drug-likeness (QED) is 0.189. The Bertz CT molecular complexity index is 1120. The van der Waals surface area contributed by atoms with Crippen molar-refractivity contribution in [2.45, 2.75) is 98.1 Å². The molecule has 0 bridgehead atoms. The number of hydrogen-bond donors (Lipinski definition) is 0. The number of carbonyl (C=O) groups excluding carboxylic acids is 1. The first-order valence-electron chi connectivity index (χ1n) is 14.8. The van der Waals surface area contributed by atoms with Crippen molar-refractivity contribution in [1.29, 1.82) is 0 Å². The predicted molar refractivity (Wildman–Crippen MR) is 159 cm³/mol. The summed E-state index contributed by atoms with van der Waals surface area (Å²) in [6.45, 7) is 13.2. The highest BCUT2D eigenvalue weighted by Gasteiger charge is 2.49. The molecule has 0 aromatic carbocycles. The highest BCUT2D eigenvalue weighted by molar-refractivity contribution is 9.10. The Morgan fingerprint density at radius 3 is 1.98 bits per heavy atom. The summed E-state index contributed by atoms with van der Waals surface area (Å²) in [4.78, 5) is 17.6. The zero-order chi connectivity index (χ0) is 29.0. The first-order valence-corrected chi connectivity index (χ1v) is 17.2. The number of esters is 1. The Hall–Kier alpha value is -1.47. The van der Waals surface area contributed by atoms with Crippen LogP contribution in [0.3, 0.4) is 0 Å². The van der Waals surface area contributed by atoms with Gasteiger partial charge in [-0.3, -0.25) is 9.55 Å². The Labute approximate surface area is 247 Å². The van der Waals surface area contributed by atoms with Gasteiger partial charge in [-0.1, -0.05) is 60.5 Å². The van der Waals surface area contributed by atoms with Crippen molar-refractivity contribution in [3.63, 3.8) is 0 Å². The zero-order valence-corrected chi connectivity index (χ0v) is 27.1. The molecule has 2 aliphatic carbocycles. The maximum absolute atomic E-state index is 15.4. The van der Waals surface area contributed by atoms with Crippen LogP contribution in [0.1, 0.15) is 102 Å². The fourth-order valence-electron chi connectivity index (χ4n) is 6.41. The number of ether oxygens (including phenoxy) is 1. The third kappa shape index (κ3) is 7.67. The van der Waals surface area contributed by atoms with Crippen LogP contribution in [0.4, 0.5) is 0 Å². The Morgan fingerprint density at radius 1 is 0.950 bits per heavy atom. The highest BCUT2D eigenvalue weighted by atomic mass is 79.9. The van der Waals surface area contributed by atoms with E-state index in [1.165, 1.54) is 6.07 Å². The van der Waals surface area contributed by atoms with Crippen molar-refractivity contribution < 1.29 is 27.6 Å². The van der Waals surface area contributed by atoms with Gasteiger partial charge in [0.05, 0.1) is 12.2 Å². The summed E-state index contributed by atoms with van der Waals surface area (Å²) in [5.41, 5.74) is 0.472. The summed E-state index contributed by atoms with van der Waals surface area (Å²) in [6, 6.07) is 6.64. The molecule has 2 aromatic rings. The van der Waals surface area contributed by atoms with E-state index < -0.39 is 19.4 Å². The number of rotatable bonds is 10. The van der Waals surface area contributed by atoms with E-state index >= 15 is 4.57 Å². The number of carbonyl (C=O) groups is 1. The minimum absolute atomic E-state index is 0.00464. The van der Waals surface area contributed by atoms with Crippen LogP contribution in [0.25, 0.3) is 0 Å². The lowest BCUT2D eigenvalue weighted by atomic mass is 9.75. The van der Waals surface area contributed by atoms with Crippen molar-refractivity contribution in [2.24, 2.45) is 35.5 Å². The molecule has 0 spiro atoms. The number of nitrogens with zero attached hydrogens (tertiary/aromatic N) is 1. The number of hydrogen-bond acceptors (Lipinski definition) is 7. The van der Waals surface area contributed by atoms with Gasteiger partial charge in [0.25, 0.3) is 0 Å². The highest BCUT2D eigenvalue weighted by Crippen LogP contribution is 2.66. The summed E-state index contributed by atoms with van der Waals surface area (Å²) in [7, 11) is -4.10. The minimum Gasteiger partial charge on any atom is -0.442 e. The monoisotopic (exact) mass is 637 g/mol. The molecule has 2 saturated carbocycles. The van der Waals surface area contributed by atoms with Gasteiger partial charge in [0, 0.05) is 18.0 Å². The van der Waals surface area contributed by atoms with E-state index in [1.54, 1.807) is 30.6 Å². The van der Waals surface area contributed by atoms with Gasteiger partial charge in [0.2, 0.25) is 11.6 Å². The van der Waals surface area contributed by atoms with Gasteiger partial charge in [-0.25, -0.2) is 4.79 Å². The third-order valence-corrected chi connectivity index (χ3v) is 11.3. The summed E-state index contributed by atoms with van der Waals surface area (Å²) < 4.78 is 40.8. The predicted octanol–water partition coefficient (Wildman–Crippen LogP) is 9.44. The standard InChI is InChI=1S/C31H45BrNO6P/c1-19(2)24-11-9-21(5)16-27(24)38-40(35,39-28-17-22(6)10-12-25(28)20(3)4)31(23-8-7-15-33-18-23)37-30(34)26-13-14-29(32)36-26/h7-8,13-15,18-22,24-25,27-28,31H,9-12,16-17H2,1-6H3/t21-,22-,24-,25-,27-,28-,31-/m1/s1. The van der Waals surface area contributed by atoms with E-state index in [2.05, 4.69) is 62.5 Å². The van der Waals surface area contributed by atoms with Crippen LogP contribution in [0, 0.1) is 35.5 Å². The molecule has 40 heavy (non-hydrogen) atoms. The fourth-order valence-corrected chi connectivity index (χ4v) is 8.97. The van der Waals surface area contributed by atoms with Gasteiger partial charge in [-0.15, -0.1) is 0 Å². The van der Waals surface area contributed by atoms with E-state index in [0.29, 0.717) is 33.9 Å². The van der Waals surface area contributed by atoms with E-state index in [-0.39, 0.29) is 29.8 Å². The molecule has 222 valence electrons. The third-order valence-electron chi connectivity index (χ3n) is 8.74. The van der Waals surface area contributed by atoms with Crippen molar-refractivity contribution in [2.75, 3.05) is 0 Å². The molecule has 0 N–H and O–H groups in total. The molecule has 4 rings (SSSR count). The lowest BCUT2D eigenvalue weighted by Crippen LogP contribution is -2.37. The Morgan fingerprint density at radius 2 is 1.52 bits per heavy atom. The summed E-state index contributed by atoms with van der Waals surface area (Å²) in [6.07, 6.45) is 8.43. The molecule has 2 aromatic heterocycles. The van der Waals surface area contributed by atoms with Crippen LogP contribution < -0.4 is 0 Å². The lowest BCUT2D eigenvalue weighted by molar-refractivity contribution is -0.0213. The number of pyridine rings is 1. The number of halogens is 1. The Kier molecular flexibility index (Phi) is 10.8. The van der Waals surface area contributed by atoms with E-state index in [9.17, 15) is 4.79 Å². The van der Waals surface area contributed by atoms with Gasteiger partial charge >= 0.3 is 13.6 Å². The van der Waals surface area contributed by atoms with Crippen LogP contribution in [0.2, 0.25) is 0 Å². The summed E-state index contributed by atoms with van der Waals surface area (Å²) >= 11 is 3.25. The fraction of sp³-hybridized carbons (Fsp3) is 0.677. The summed E-state index contributed by atoms with van der Waals surface area (Å²) in [5, 5.41) is 0. The average Bonchev–Trinajstić information content (AvgIpc) is 3.33. The van der Waals surface area contributed by atoms with E-state index in [4.69, 9.17) is 18.2 Å². The van der Waals surface area contributed by atoms with Crippen molar-refractivity contribution in [1.82, 2.24) is 4.98 Å². The largest absolute Gasteiger partial charge is 0.442 e. The second kappa shape index (κ2) is 13.7. The van der Waals surface area contributed by atoms with Gasteiger partial charge in [-0.2, -0.15) is 0 Å². The van der Waals surface area contributed by atoms with Crippen molar-refractivity contribution in [3.8, 4) is 0 Å². The van der Waals surface area contributed by atoms with Crippen LogP contribution >= 0.6 is 23.5 Å². The smallest absolute Gasteiger partial charge is 0.376 e. The van der Waals surface area contributed by atoms with Crippen LogP contribution in [-0.2, 0) is 18.3 Å². The van der Waals surface area contributed by atoms with Crippen molar-refractivity contribution in [3.05, 3.63) is 52.7 Å². The second-order valence-electron chi connectivity index (χ2n) is 12.6. The molecule has 0 unspecified atom stereocenters. The van der Waals surface area contributed by atoms with Crippen LogP contribution in [-0.4, -0.2) is 23.2 Å². The van der Waals surface area contributed by atoms with Crippen LogP contribution in [0.15, 0.2) is 45.7 Å². The summed E-state index contributed by atoms with van der Waals surface area (Å²) in [5.74, 6) is 0.0151. The zero-order valence-electron chi connectivity index (χ0n) is 24.6. The topological polar surface area (TPSA) is 87.9 Å². The molecule has 0 radical (unpaired) electrons. The molecule has 7 atom stereocenters. The normalized spacial score (nSPS) is 28.5. The maximum atomic E-state index is 15.4. The molecule has 7 nitrogen and oxygen atoms in total. The molecule has 2 aliphatic rings. The van der Waals surface area contributed by atoms with Crippen molar-refractivity contribution >= 4 is 29.5 Å². The average molecular weight is 639 g/mol. The Balaban J connectivity index is 1.77. The van der Waals surface area contributed by atoms with Gasteiger partial charge in [0.15, 0.2) is 4.67 Å². The lowest BCUT2D eigenvalue weighted by Gasteiger charge is -2.43. The van der Waals surface area contributed by atoms with Crippen LogP contribution in [0.5, 0.6) is 0 Å². The minimum atomic E-state index is -4.10. The molecule has 0 amide bonds. The van der Waals surface area contributed by atoms with Gasteiger partial charge in [0.1, 0.15) is 0 Å². The second-order valence-corrected chi connectivity index (χ2v) is 15.4. The molecule has 0 saturated heterocycles. The van der Waals surface area contributed by atoms with Gasteiger partial charge < -0.3 is 18.2 Å². The van der Waals surface area contributed by atoms with Gasteiger partial charge in [-0.05, 0) is 95.3 Å². The molecule has 9 heteroatoms. The number of furan rings is 1. The molecular formula is C31H45BrNO6P. The molecule has 2 fully saturated rings. The van der Waals surface area contributed by atoms with E-state index in [0.717, 1.165) is 38.5 Å². The molecule has 2 heterocycles. The molecule has 0 aliphatic heterocycles.